The van der Waals surface area contributed by atoms with Gasteiger partial charge < -0.3 is 5.32 Å². The second-order valence-corrected chi connectivity index (χ2v) is 6.60. The van der Waals surface area contributed by atoms with Crippen LogP contribution in [0.4, 0.5) is 0 Å². The third kappa shape index (κ3) is 3.75. The van der Waals surface area contributed by atoms with Crippen LogP contribution in [0.5, 0.6) is 0 Å². The third-order valence-electron chi connectivity index (χ3n) is 3.31. The van der Waals surface area contributed by atoms with Gasteiger partial charge in [-0.1, -0.05) is 24.6 Å². The minimum absolute atomic E-state index is 0.471. The Morgan fingerprint density at radius 1 is 1.43 bits per heavy atom. The molecule has 112 valence electrons. The third-order valence-corrected chi connectivity index (χ3v) is 4.76. The predicted octanol–water partition coefficient (Wildman–Crippen LogP) is 3.31. The Hall–Kier alpha value is -1.11. The summed E-state index contributed by atoms with van der Waals surface area (Å²) >= 11 is 7.91. The summed E-state index contributed by atoms with van der Waals surface area (Å²) in [7, 11) is 0. The normalized spacial score (nSPS) is 14.6. The molecule has 1 heterocycles. The Balaban J connectivity index is 1.69. The van der Waals surface area contributed by atoms with Crippen LogP contribution in [0.15, 0.2) is 28.3 Å². The van der Waals surface area contributed by atoms with Crippen molar-refractivity contribution in [1.82, 2.24) is 25.5 Å². The zero-order valence-corrected chi connectivity index (χ0v) is 13.5. The lowest BCUT2D eigenvalue weighted by Crippen LogP contribution is -2.13. The van der Waals surface area contributed by atoms with Gasteiger partial charge in [-0.25, -0.2) is 4.68 Å². The van der Waals surface area contributed by atoms with Gasteiger partial charge in [0.15, 0.2) is 0 Å². The lowest BCUT2D eigenvalue weighted by Gasteiger charge is -2.07. The second-order valence-electron chi connectivity index (χ2n) is 5.18. The Bertz CT molecular complexity index is 611. The largest absolute Gasteiger partial charge is 0.313 e. The molecule has 2 aromatic rings. The second kappa shape index (κ2) is 6.77. The average Bonchev–Trinajstić information content (AvgIpc) is 3.22. The van der Waals surface area contributed by atoms with Crippen molar-refractivity contribution < 1.29 is 0 Å². The first kappa shape index (κ1) is 14.8. The van der Waals surface area contributed by atoms with Gasteiger partial charge in [-0.3, -0.25) is 0 Å². The number of hydrogen-bond donors (Lipinski definition) is 1. The molecular formula is C14H18ClN5S. The molecule has 0 bridgehead atoms. The molecule has 1 aromatic carbocycles. The summed E-state index contributed by atoms with van der Waals surface area (Å²) in [5, 5.41) is 16.9. The van der Waals surface area contributed by atoms with Crippen LogP contribution in [-0.4, -0.2) is 26.8 Å². The van der Waals surface area contributed by atoms with E-state index in [2.05, 4.69) is 33.8 Å². The molecule has 0 atom stereocenters. The fourth-order valence-electron chi connectivity index (χ4n) is 2.05. The highest BCUT2D eigenvalue weighted by Gasteiger charge is 2.28. The van der Waals surface area contributed by atoms with Crippen LogP contribution in [0.25, 0.3) is 0 Å². The van der Waals surface area contributed by atoms with Crippen LogP contribution in [0.3, 0.4) is 0 Å². The van der Waals surface area contributed by atoms with E-state index in [9.17, 15) is 0 Å². The van der Waals surface area contributed by atoms with Crippen LogP contribution in [0, 0.1) is 0 Å². The van der Waals surface area contributed by atoms with Crippen molar-refractivity contribution in [2.45, 2.75) is 48.8 Å². The van der Waals surface area contributed by atoms with E-state index in [1.165, 1.54) is 17.3 Å². The fourth-order valence-corrected chi connectivity index (χ4v) is 3.21. The molecule has 1 N–H and O–H groups in total. The number of rotatable bonds is 7. The molecule has 1 fully saturated rings. The van der Waals surface area contributed by atoms with E-state index in [1.807, 2.05) is 16.8 Å². The molecule has 3 rings (SSSR count). The van der Waals surface area contributed by atoms with Gasteiger partial charge in [0.1, 0.15) is 0 Å². The van der Waals surface area contributed by atoms with Crippen molar-refractivity contribution in [3.63, 3.8) is 0 Å². The summed E-state index contributed by atoms with van der Waals surface area (Å²) < 4.78 is 1.90. The van der Waals surface area contributed by atoms with Crippen molar-refractivity contribution in [2.24, 2.45) is 0 Å². The van der Waals surface area contributed by atoms with Crippen LogP contribution >= 0.6 is 23.4 Å². The summed E-state index contributed by atoms with van der Waals surface area (Å²) in [5.41, 5.74) is 1.19. The molecule has 1 aliphatic rings. The highest BCUT2D eigenvalue weighted by Crippen LogP contribution is 2.39. The summed E-state index contributed by atoms with van der Waals surface area (Å²) in [5.74, 6) is 0. The summed E-state index contributed by atoms with van der Waals surface area (Å²) in [6, 6.07) is 6.63. The lowest BCUT2D eigenvalue weighted by atomic mass is 10.2. The van der Waals surface area contributed by atoms with Crippen molar-refractivity contribution >= 4 is 23.4 Å². The van der Waals surface area contributed by atoms with E-state index >= 15 is 0 Å². The van der Waals surface area contributed by atoms with Crippen molar-refractivity contribution in [1.29, 1.82) is 0 Å². The minimum Gasteiger partial charge on any atom is -0.313 e. The molecule has 1 aromatic heterocycles. The number of nitrogens with one attached hydrogen (secondary N) is 1. The maximum Gasteiger partial charge on any atom is 0.214 e. The summed E-state index contributed by atoms with van der Waals surface area (Å²) in [6.07, 6.45) is 3.45. The van der Waals surface area contributed by atoms with Gasteiger partial charge in [-0.2, -0.15) is 0 Å². The Labute approximate surface area is 133 Å². The zero-order valence-electron chi connectivity index (χ0n) is 11.9. The first-order chi connectivity index (χ1) is 10.3. The molecule has 21 heavy (non-hydrogen) atoms. The Kier molecular flexibility index (Phi) is 4.77. The number of tetrazole rings is 1. The van der Waals surface area contributed by atoms with E-state index in [-0.39, 0.29) is 0 Å². The molecule has 0 radical (unpaired) electrons. The van der Waals surface area contributed by atoms with Crippen molar-refractivity contribution in [3.8, 4) is 0 Å². The van der Waals surface area contributed by atoms with E-state index in [0.29, 0.717) is 6.04 Å². The van der Waals surface area contributed by atoms with Crippen LogP contribution in [0.1, 0.15) is 37.8 Å². The Morgan fingerprint density at radius 2 is 2.29 bits per heavy atom. The van der Waals surface area contributed by atoms with E-state index in [4.69, 9.17) is 11.6 Å². The topological polar surface area (TPSA) is 55.6 Å². The molecular weight excluding hydrogens is 306 g/mol. The average molecular weight is 324 g/mol. The summed E-state index contributed by atoms with van der Waals surface area (Å²) in [4.78, 5) is 0.993. The van der Waals surface area contributed by atoms with Gasteiger partial charge in [0.2, 0.25) is 5.16 Å². The van der Waals surface area contributed by atoms with Gasteiger partial charge in [-0.05, 0) is 65.7 Å². The molecule has 1 saturated carbocycles. The SMILES string of the molecule is CCCNCc1ccc(Sc2nnnn2C2CC2)c(Cl)c1. The van der Waals surface area contributed by atoms with Crippen molar-refractivity contribution in [2.75, 3.05) is 6.54 Å². The Morgan fingerprint density at radius 3 is 3.00 bits per heavy atom. The highest BCUT2D eigenvalue weighted by atomic mass is 35.5. The molecule has 0 spiro atoms. The monoisotopic (exact) mass is 323 g/mol. The summed E-state index contributed by atoms with van der Waals surface area (Å²) in [6.45, 7) is 4.02. The number of halogens is 1. The van der Waals surface area contributed by atoms with E-state index in [0.717, 1.165) is 47.4 Å². The molecule has 5 nitrogen and oxygen atoms in total. The van der Waals surface area contributed by atoms with Gasteiger partial charge >= 0.3 is 0 Å². The molecule has 0 unspecified atom stereocenters. The highest BCUT2D eigenvalue weighted by molar-refractivity contribution is 7.99. The van der Waals surface area contributed by atoms with Gasteiger partial charge in [0.05, 0.1) is 11.1 Å². The van der Waals surface area contributed by atoms with Crippen molar-refractivity contribution in [3.05, 3.63) is 28.8 Å². The number of benzene rings is 1. The van der Waals surface area contributed by atoms with Crippen LogP contribution < -0.4 is 5.32 Å². The standard InChI is InChI=1S/C14H18ClN5S/c1-2-7-16-9-10-3-6-13(12(15)8-10)21-14-17-18-19-20(14)11-4-5-11/h3,6,8,11,16H,2,4-5,7,9H2,1H3. The smallest absolute Gasteiger partial charge is 0.214 e. The molecule has 0 saturated heterocycles. The molecule has 0 aliphatic heterocycles. The first-order valence-electron chi connectivity index (χ1n) is 7.22. The minimum atomic E-state index is 0.471. The van der Waals surface area contributed by atoms with E-state index in [1.54, 1.807) is 0 Å². The van der Waals surface area contributed by atoms with Gasteiger partial charge in [0.25, 0.3) is 0 Å². The van der Waals surface area contributed by atoms with Gasteiger partial charge in [0, 0.05) is 11.4 Å². The first-order valence-corrected chi connectivity index (χ1v) is 8.42. The molecule has 7 heteroatoms. The predicted molar refractivity (Wildman–Crippen MR) is 83.7 cm³/mol. The maximum atomic E-state index is 6.38. The zero-order chi connectivity index (χ0) is 14.7. The van der Waals surface area contributed by atoms with Crippen LogP contribution in [-0.2, 0) is 6.54 Å². The van der Waals surface area contributed by atoms with Gasteiger partial charge in [-0.15, -0.1) is 5.10 Å². The number of hydrogen-bond acceptors (Lipinski definition) is 5. The maximum absolute atomic E-state index is 6.38. The lowest BCUT2D eigenvalue weighted by molar-refractivity contribution is 0.565. The number of aromatic nitrogens is 4. The fraction of sp³-hybridized carbons (Fsp3) is 0.500. The molecule has 0 amide bonds. The van der Waals surface area contributed by atoms with Crippen LogP contribution in [0.2, 0.25) is 5.02 Å². The molecule has 1 aliphatic carbocycles. The number of nitrogens with zero attached hydrogens (tertiary/aromatic N) is 4. The van der Waals surface area contributed by atoms with E-state index < -0.39 is 0 Å². The quantitative estimate of drug-likeness (QED) is 0.792.